The summed E-state index contributed by atoms with van der Waals surface area (Å²) in [5, 5.41) is 0. The molecule has 2 rings (SSSR count). The summed E-state index contributed by atoms with van der Waals surface area (Å²) in [7, 11) is 1.45. The molecule has 1 unspecified atom stereocenters. The van der Waals surface area contributed by atoms with Crippen molar-refractivity contribution in [3.8, 4) is 5.75 Å². The molecule has 106 valence electrons. The topological polar surface area (TPSA) is 35.2 Å². The van der Waals surface area contributed by atoms with E-state index in [1.54, 1.807) is 6.07 Å². The molecule has 0 spiro atoms. The maximum absolute atomic E-state index is 13.7. The zero-order valence-electron chi connectivity index (χ0n) is 11.5. The Morgan fingerprint density at radius 2 is 2.00 bits per heavy atom. The highest BCUT2D eigenvalue weighted by Gasteiger charge is 2.12. The maximum Gasteiger partial charge on any atom is 0.165 e. The van der Waals surface area contributed by atoms with Crippen molar-refractivity contribution >= 4 is 15.9 Å². The predicted octanol–water partition coefficient (Wildman–Crippen LogP) is 4.15. The molecular formula is C16H17BrFNO. The van der Waals surface area contributed by atoms with Gasteiger partial charge in [0.25, 0.3) is 0 Å². The van der Waals surface area contributed by atoms with Gasteiger partial charge in [-0.2, -0.15) is 0 Å². The van der Waals surface area contributed by atoms with Crippen LogP contribution in [0.15, 0.2) is 40.9 Å². The Morgan fingerprint density at radius 1 is 1.25 bits per heavy atom. The molecule has 2 aromatic rings. The predicted molar refractivity (Wildman–Crippen MR) is 82.5 cm³/mol. The summed E-state index contributed by atoms with van der Waals surface area (Å²) in [6, 6.07) is 10.8. The molecule has 4 heteroatoms. The van der Waals surface area contributed by atoms with E-state index in [1.165, 1.54) is 18.7 Å². The second-order valence-corrected chi connectivity index (χ2v) is 5.66. The van der Waals surface area contributed by atoms with E-state index >= 15 is 0 Å². The van der Waals surface area contributed by atoms with Crippen LogP contribution in [0.1, 0.15) is 22.7 Å². The zero-order valence-corrected chi connectivity index (χ0v) is 13.1. The van der Waals surface area contributed by atoms with Crippen LogP contribution in [0.3, 0.4) is 0 Å². The highest BCUT2D eigenvalue weighted by Crippen LogP contribution is 2.27. The van der Waals surface area contributed by atoms with E-state index in [9.17, 15) is 4.39 Å². The summed E-state index contributed by atoms with van der Waals surface area (Å²) in [4.78, 5) is 0. The van der Waals surface area contributed by atoms with Gasteiger partial charge in [0.1, 0.15) is 0 Å². The Kier molecular flexibility index (Phi) is 4.78. The van der Waals surface area contributed by atoms with Gasteiger partial charge in [-0.05, 0) is 48.2 Å². The molecular weight excluding hydrogens is 321 g/mol. The number of methoxy groups -OCH3 is 1. The van der Waals surface area contributed by atoms with E-state index in [-0.39, 0.29) is 17.6 Å². The van der Waals surface area contributed by atoms with Crippen molar-refractivity contribution in [2.24, 2.45) is 5.73 Å². The molecule has 2 aromatic carbocycles. The summed E-state index contributed by atoms with van der Waals surface area (Å²) >= 11 is 3.52. The number of rotatable bonds is 4. The first kappa shape index (κ1) is 15.0. The third-order valence-electron chi connectivity index (χ3n) is 3.23. The van der Waals surface area contributed by atoms with E-state index in [0.717, 1.165) is 15.6 Å². The molecule has 0 amide bonds. The van der Waals surface area contributed by atoms with Crippen molar-refractivity contribution in [2.75, 3.05) is 7.11 Å². The monoisotopic (exact) mass is 337 g/mol. The number of aryl methyl sites for hydroxylation is 1. The minimum Gasteiger partial charge on any atom is -0.494 e. The lowest BCUT2D eigenvalue weighted by molar-refractivity contribution is 0.386. The molecule has 0 bridgehead atoms. The van der Waals surface area contributed by atoms with Gasteiger partial charge in [0.05, 0.1) is 7.11 Å². The third-order valence-corrected chi connectivity index (χ3v) is 3.91. The molecule has 1 atom stereocenters. The SMILES string of the molecule is COc1ccc(CC(N)c2ccc(C)cc2Br)cc1F. The largest absolute Gasteiger partial charge is 0.494 e. The van der Waals surface area contributed by atoms with Crippen molar-refractivity contribution in [1.29, 1.82) is 0 Å². The van der Waals surface area contributed by atoms with Crippen LogP contribution < -0.4 is 10.5 Å². The van der Waals surface area contributed by atoms with Crippen molar-refractivity contribution in [1.82, 2.24) is 0 Å². The fraction of sp³-hybridized carbons (Fsp3) is 0.250. The molecule has 0 aliphatic rings. The van der Waals surface area contributed by atoms with Crippen LogP contribution in [0.25, 0.3) is 0 Å². The normalized spacial score (nSPS) is 12.2. The minimum absolute atomic E-state index is 0.183. The van der Waals surface area contributed by atoms with E-state index in [2.05, 4.69) is 15.9 Å². The van der Waals surface area contributed by atoms with Crippen molar-refractivity contribution in [3.05, 3.63) is 63.4 Å². The van der Waals surface area contributed by atoms with Gasteiger partial charge in [-0.25, -0.2) is 4.39 Å². The Balaban J connectivity index is 2.18. The maximum atomic E-state index is 13.7. The summed E-state index contributed by atoms with van der Waals surface area (Å²) in [5.74, 6) is -0.112. The van der Waals surface area contributed by atoms with Gasteiger partial charge in [-0.1, -0.05) is 34.1 Å². The second kappa shape index (κ2) is 6.37. The molecule has 0 fully saturated rings. The van der Waals surface area contributed by atoms with E-state index < -0.39 is 0 Å². The fourth-order valence-electron chi connectivity index (χ4n) is 2.13. The Labute approximate surface area is 126 Å². The van der Waals surface area contributed by atoms with Gasteiger partial charge in [0, 0.05) is 10.5 Å². The summed E-state index contributed by atoms with van der Waals surface area (Å²) in [6.07, 6.45) is 0.572. The highest BCUT2D eigenvalue weighted by atomic mass is 79.9. The lowest BCUT2D eigenvalue weighted by Gasteiger charge is -2.15. The molecule has 0 saturated heterocycles. The highest BCUT2D eigenvalue weighted by molar-refractivity contribution is 9.10. The van der Waals surface area contributed by atoms with Gasteiger partial charge in [0.15, 0.2) is 11.6 Å². The van der Waals surface area contributed by atoms with Crippen LogP contribution in [0.2, 0.25) is 0 Å². The molecule has 0 aliphatic heterocycles. The molecule has 20 heavy (non-hydrogen) atoms. The van der Waals surface area contributed by atoms with Gasteiger partial charge >= 0.3 is 0 Å². The molecule has 0 aromatic heterocycles. The second-order valence-electron chi connectivity index (χ2n) is 4.80. The molecule has 2 nitrogen and oxygen atoms in total. The molecule has 0 aliphatic carbocycles. The number of ether oxygens (including phenoxy) is 1. The Morgan fingerprint density at radius 3 is 2.60 bits per heavy atom. The Bertz CT molecular complexity index is 615. The van der Waals surface area contributed by atoms with Gasteiger partial charge in [-0.3, -0.25) is 0 Å². The zero-order chi connectivity index (χ0) is 14.7. The lowest BCUT2D eigenvalue weighted by atomic mass is 9.99. The average Bonchev–Trinajstić information content (AvgIpc) is 2.38. The van der Waals surface area contributed by atoms with Crippen LogP contribution in [0.5, 0.6) is 5.75 Å². The van der Waals surface area contributed by atoms with Gasteiger partial charge < -0.3 is 10.5 Å². The van der Waals surface area contributed by atoms with E-state index in [0.29, 0.717) is 6.42 Å². The first-order valence-electron chi connectivity index (χ1n) is 6.35. The van der Waals surface area contributed by atoms with Crippen LogP contribution in [-0.2, 0) is 6.42 Å². The quantitative estimate of drug-likeness (QED) is 0.909. The van der Waals surface area contributed by atoms with Crippen LogP contribution in [-0.4, -0.2) is 7.11 Å². The molecule has 0 saturated carbocycles. The minimum atomic E-state index is -0.361. The van der Waals surface area contributed by atoms with Gasteiger partial charge in [0.2, 0.25) is 0 Å². The summed E-state index contributed by atoms with van der Waals surface area (Å²) < 4.78 is 19.6. The lowest BCUT2D eigenvalue weighted by Crippen LogP contribution is -2.14. The molecule has 0 radical (unpaired) electrons. The number of hydrogen-bond donors (Lipinski definition) is 1. The average molecular weight is 338 g/mol. The molecule has 2 N–H and O–H groups in total. The van der Waals surface area contributed by atoms with E-state index in [1.807, 2.05) is 31.2 Å². The Hall–Kier alpha value is -1.39. The van der Waals surface area contributed by atoms with Crippen molar-refractivity contribution in [2.45, 2.75) is 19.4 Å². The third kappa shape index (κ3) is 3.38. The van der Waals surface area contributed by atoms with Crippen LogP contribution >= 0.6 is 15.9 Å². The standard InChI is InChI=1S/C16H17BrFNO/c1-10-3-5-12(13(17)7-10)15(19)9-11-4-6-16(20-2)14(18)8-11/h3-8,15H,9,19H2,1-2H3. The first-order valence-corrected chi connectivity index (χ1v) is 7.14. The van der Waals surface area contributed by atoms with Gasteiger partial charge in [-0.15, -0.1) is 0 Å². The molecule has 0 heterocycles. The smallest absolute Gasteiger partial charge is 0.165 e. The van der Waals surface area contributed by atoms with Crippen molar-refractivity contribution < 1.29 is 9.13 Å². The van der Waals surface area contributed by atoms with Crippen molar-refractivity contribution in [3.63, 3.8) is 0 Å². The van der Waals surface area contributed by atoms with E-state index in [4.69, 9.17) is 10.5 Å². The fourth-order valence-corrected chi connectivity index (χ4v) is 2.92. The number of hydrogen-bond acceptors (Lipinski definition) is 2. The van der Waals surface area contributed by atoms with Crippen LogP contribution in [0.4, 0.5) is 4.39 Å². The van der Waals surface area contributed by atoms with Crippen LogP contribution in [0, 0.1) is 12.7 Å². The summed E-state index contributed by atoms with van der Waals surface area (Å²) in [5.41, 5.74) is 9.26. The first-order chi connectivity index (χ1) is 9.51. The summed E-state index contributed by atoms with van der Waals surface area (Å²) in [6.45, 7) is 2.03. The number of nitrogens with two attached hydrogens (primary N) is 1. The number of halogens is 2. The number of benzene rings is 2.